The maximum atomic E-state index is 12.4. The lowest BCUT2D eigenvalue weighted by Crippen LogP contribution is -2.26. The number of rotatable bonds is 19. The second kappa shape index (κ2) is 18.3. The van der Waals surface area contributed by atoms with Crippen LogP contribution in [-0.4, -0.2) is 26.5 Å². The fourth-order valence-electron chi connectivity index (χ4n) is 4.03. The van der Waals surface area contributed by atoms with Gasteiger partial charge >= 0.3 is 0 Å². The molecule has 0 aliphatic carbocycles. The fourth-order valence-corrected chi connectivity index (χ4v) is 4.03. The summed E-state index contributed by atoms with van der Waals surface area (Å²) in [6, 6.07) is 7.79. The van der Waals surface area contributed by atoms with Crippen LogP contribution in [-0.2, 0) is 0 Å². The second-order valence-electron chi connectivity index (χ2n) is 8.97. The molecule has 1 amide bonds. The highest BCUT2D eigenvalue weighted by molar-refractivity contribution is 5.99. The van der Waals surface area contributed by atoms with Crippen molar-refractivity contribution in [1.82, 2.24) is 5.32 Å². The Kier molecular flexibility index (Phi) is 16.2. The predicted octanol–water partition coefficient (Wildman–Crippen LogP) is 7.74. The van der Waals surface area contributed by atoms with E-state index in [9.17, 15) is 4.79 Å². The fraction of sp³-hybridized carbons (Fsp3) is 0.741. The molecule has 1 aromatic rings. The van der Waals surface area contributed by atoms with Gasteiger partial charge in [0.2, 0.25) is 0 Å². The van der Waals surface area contributed by atoms with Gasteiger partial charge in [-0.05, 0) is 18.6 Å². The Hall–Kier alpha value is -1.51. The van der Waals surface area contributed by atoms with Crippen molar-refractivity contribution in [3.8, 4) is 0 Å². The van der Waals surface area contributed by atoms with Gasteiger partial charge in [-0.1, -0.05) is 115 Å². The minimum atomic E-state index is 0.0419. The molecule has 3 heteroatoms. The van der Waals surface area contributed by atoms with Crippen molar-refractivity contribution < 1.29 is 4.79 Å². The topological polar surface area (TPSA) is 32.3 Å². The summed E-state index contributed by atoms with van der Waals surface area (Å²) in [6.45, 7) is 3.06. The number of hydrogen-bond acceptors (Lipinski definition) is 2. The highest BCUT2D eigenvalue weighted by atomic mass is 16.1. The molecule has 0 aromatic heterocycles. The Balaban J connectivity index is 1.89. The van der Waals surface area contributed by atoms with Gasteiger partial charge in [0.05, 0.1) is 5.56 Å². The Morgan fingerprint density at radius 3 is 1.60 bits per heavy atom. The van der Waals surface area contributed by atoms with Gasteiger partial charge in [-0.25, -0.2) is 0 Å². The number of benzene rings is 1. The van der Waals surface area contributed by atoms with E-state index in [1.54, 1.807) is 0 Å². The lowest BCUT2D eigenvalue weighted by Gasteiger charge is -2.16. The number of carbonyl (C=O) groups is 1. The van der Waals surface area contributed by atoms with Gasteiger partial charge in [-0.15, -0.1) is 0 Å². The molecule has 1 N–H and O–H groups in total. The van der Waals surface area contributed by atoms with Crippen LogP contribution in [0.15, 0.2) is 24.3 Å². The summed E-state index contributed by atoms with van der Waals surface area (Å²) < 4.78 is 0. The van der Waals surface area contributed by atoms with E-state index in [1.807, 2.05) is 43.3 Å². The number of nitrogens with zero attached hydrogens (tertiary/aromatic N) is 1. The van der Waals surface area contributed by atoms with Gasteiger partial charge < -0.3 is 10.2 Å². The number of carbonyl (C=O) groups excluding carboxylic acids is 1. The first-order chi connectivity index (χ1) is 14.7. The molecule has 0 bridgehead atoms. The van der Waals surface area contributed by atoms with E-state index in [1.165, 1.54) is 96.3 Å². The summed E-state index contributed by atoms with van der Waals surface area (Å²) in [5.41, 5.74) is 1.74. The van der Waals surface area contributed by atoms with E-state index in [4.69, 9.17) is 0 Å². The van der Waals surface area contributed by atoms with Crippen LogP contribution in [0.25, 0.3) is 0 Å². The molecule has 0 spiro atoms. The van der Waals surface area contributed by atoms with Crippen molar-refractivity contribution in [2.45, 2.75) is 110 Å². The Labute approximate surface area is 187 Å². The summed E-state index contributed by atoms with van der Waals surface area (Å²) in [5.74, 6) is 0.0419. The normalized spacial score (nSPS) is 10.9. The zero-order valence-electron chi connectivity index (χ0n) is 20.2. The standard InChI is InChI=1S/C27H48N2O/c1-4-5-6-7-8-9-10-11-12-13-14-15-16-17-18-21-24-28-27(30)25-22-19-20-23-26(25)29(2)3/h19-20,22-23H,4-18,21,24H2,1-3H3,(H,28,30). The molecule has 0 aliphatic heterocycles. The summed E-state index contributed by atoms with van der Waals surface area (Å²) >= 11 is 0. The van der Waals surface area contributed by atoms with E-state index in [-0.39, 0.29) is 5.91 Å². The lowest BCUT2D eigenvalue weighted by atomic mass is 10.0. The van der Waals surface area contributed by atoms with E-state index < -0.39 is 0 Å². The van der Waals surface area contributed by atoms with Crippen molar-refractivity contribution in [2.24, 2.45) is 0 Å². The van der Waals surface area contributed by atoms with E-state index in [0.717, 1.165) is 24.2 Å². The van der Waals surface area contributed by atoms with Crippen molar-refractivity contribution in [1.29, 1.82) is 0 Å². The molecule has 0 atom stereocenters. The van der Waals surface area contributed by atoms with Gasteiger partial charge in [-0.3, -0.25) is 4.79 Å². The van der Waals surface area contributed by atoms with Crippen LogP contribution >= 0.6 is 0 Å². The van der Waals surface area contributed by atoms with Crippen LogP contribution in [0.4, 0.5) is 5.69 Å². The molecule has 0 radical (unpaired) electrons. The quantitative estimate of drug-likeness (QED) is 0.234. The molecular weight excluding hydrogens is 368 g/mol. The molecule has 1 aromatic carbocycles. The number of anilines is 1. The SMILES string of the molecule is CCCCCCCCCCCCCCCCCCNC(=O)c1ccccc1N(C)C. The average molecular weight is 417 g/mol. The van der Waals surface area contributed by atoms with Crippen LogP contribution in [0.5, 0.6) is 0 Å². The Bertz CT molecular complexity index is 541. The molecule has 0 fully saturated rings. The molecule has 3 nitrogen and oxygen atoms in total. The number of amides is 1. The van der Waals surface area contributed by atoms with Crippen molar-refractivity contribution >= 4 is 11.6 Å². The largest absolute Gasteiger partial charge is 0.377 e. The molecule has 0 saturated carbocycles. The average Bonchev–Trinajstić information content (AvgIpc) is 2.75. The molecule has 0 heterocycles. The summed E-state index contributed by atoms with van der Waals surface area (Å²) in [6.07, 6.45) is 22.0. The van der Waals surface area contributed by atoms with Crippen LogP contribution in [0.1, 0.15) is 120 Å². The molecule has 30 heavy (non-hydrogen) atoms. The highest BCUT2D eigenvalue weighted by Crippen LogP contribution is 2.18. The molecule has 1 rings (SSSR count). The van der Waals surface area contributed by atoms with Gasteiger partial charge in [0.25, 0.3) is 5.91 Å². The van der Waals surface area contributed by atoms with Gasteiger partial charge in [-0.2, -0.15) is 0 Å². The number of nitrogens with one attached hydrogen (secondary N) is 1. The minimum Gasteiger partial charge on any atom is -0.377 e. The summed E-state index contributed by atoms with van der Waals surface area (Å²) in [7, 11) is 3.95. The lowest BCUT2D eigenvalue weighted by molar-refractivity contribution is 0.0953. The van der Waals surface area contributed by atoms with Crippen molar-refractivity contribution in [3.05, 3.63) is 29.8 Å². The third-order valence-electron chi connectivity index (χ3n) is 5.95. The van der Waals surface area contributed by atoms with Gasteiger partial charge in [0, 0.05) is 26.3 Å². The van der Waals surface area contributed by atoms with E-state index >= 15 is 0 Å². The van der Waals surface area contributed by atoms with E-state index in [0.29, 0.717) is 0 Å². The first-order valence-electron chi connectivity index (χ1n) is 12.7. The van der Waals surface area contributed by atoms with Gasteiger partial charge in [0.1, 0.15) is 0 Å². The molecule has 0 unspecified atom stereocenters. The minimum absolute atomic E-state index is 0.0419. The van der Waals surface area contributed by atoms with Crippen LogP contribution < -0.4 is 10.2 Å². The number of unbranched alkanes of at least 4 members (excludes halogenated alkanes) is 15. The van der Waals surface area contributed by atoms with Crippen LogP contribution in [0.3, 0.4) is 0 Å². The number of para-hydroxylation sites is 1. The maximum Gasteiger partial charge on any atom is 0.253 e. The molecule has 0 saturated heterocycles. The summed E-state index contributed by atoms with van der Waals surface area (Å²) in [4.78, 5) is 14.4. The number of hydrogen-bond donors (Lipinski definition) is 1. The molecule has 0 aliphatic rings. The van der Waals surface area contributed by atoms with E-state index in [2.05, 4.69) is 12.2 Å². The zero-order chi connectivity index (χ0) is 21.9. The maximum absolute atomic E-state index is 12.4. The third kappa shape index (κ3) is 12.9. The van der Waals surface area contributed by atoms with Crippen molar-refractivity contribution in [2.75, 3.05) is 25.5 Å². The Morgan fingerprint density at radius 1 is 0.700 bits per heavy atom. The molecular formula is C27H48N2O. The first-order valence-corrected chi connectivity index (χ1v) is 12.7. The van der Waals surface area contributed by atoms with Crippen LogP contribution in [0, 0.1) is 0 Å². The Morgan fingerprint density at radius 2 is 1.13 bits per heavy atom. The summed E-state index contributed by atoms with van der Waals surface area (Å²) in [5, 5.41) is 3.08. The van der Waals surface area contributed by atoms with Crippen LogP contribution in [0.2, 0.25) is 0 Å². The third-order valence-corrected chi connectivity index (χ3v) is 5.95. The zero-order valence-corrected chi connectivity index (χ0v) is 20.2. The highest BCUT2D eigenvalue weighted by Gasteiger charge is 2.11. The smallest absolute Gasteiger partial charge is 0.253 e. The predicted molar refractivity (Wildman–Crippen MR) is 133 cm³/mol. The van der Waals surface area contributed by atoms with Crippen molar-refractivity contribution in [3.63, 3.8) is 0 Å². The monoisotopic (exact) mass is 416 g/mol. The molecule has 172 valence electrons. The second-order valence-corrected chi connectivity index (χ2v) is 8.97. The first kappa shape index (κ1) is 26.5. The van der Waals surface area contributed by atoms with Gasteiger partial charge in [0.15, 0.2) is 0 Å².